The lowest BCUT2D eigenvalue weighted by Gasteiger charge is -2.29. The van der Waals surface area contributed by atoms with Crippen LogP contribution in [0.2, 0.25) is 0 Å². The molecule has 1 saturated heterocycles. The molecule has 2 rings (SSSR count). The van der Waals surface area contributed by atoms with Crippen LogP contribution in [0.25, 0.3) is 0 Å². The van der Waals surface area contributed by atoms with E-state index in [9.17, 15) is 0 Å². The molecule has 0 bridgehead atoms. The summed E-state index contributed by atoms with van der Waals surface area (Å²) in [5.74, 6) is 0. The molecule has 2 aliphatic rings. The largest absolute Gasteiger partial charge is 0.300 e. The second kappa shape index (κ2) is 1.22. The van der Waals surface area contributed by atoms with Gasteiger partial charge in [0.25, 0.3) is 0 Å². The number of rotatable bonds is 1. The van der Waals surface area contributed by atoms with Crippen molar-refractivity contribution in [3.05, 3.63) is 6.42 Å². The Bertz CT molecular complexity index is 72.2. The van der Waals surface area contributed by atoms with E-state index in [1.807, 2.05) is 0 Å². The topological polar surface area (TPSA) is 3.24 Å². The van der Waals surface area contributed by atoms with Crippen molar-refractivity contribution in [2.45, 2.75) is 18.9 Å². The summed E-state index contributed by atoms with van der Waals surface area (Å²) in [6.45, 7) is 2.54. The molecule has 1 aliphatic carbocycles. The monoisotopic (exact) mass is 96.1 g/mol. The molecule has 1 heteroatoms. The quantitative estimate of drug-likeness (QED) is 0.463. The first-order valence-electron chi connectivity index (χ1n) is 3.02. The molecule has 1 saturated carbocycles. The molecule has 1 radical (unpaired) electrons. The summed E-state index contributed by atoms with van der Waals surface area (Å²) < 4.78 is 0. The van der Waals surface area contributed by atoms with Gasteiger partial charge in [-0.15, -0.1) is 0 Å². The maximum Gasteiger partial charge on any atom is 0.00966 e. The maximum absolute atomic E-state index is 2.53. The van der Waals surface area contributed by atoms with Crippen molar-refractivity contribution in [1.82, 2.24) is 4.90 Å². The second-order valence-corrected chi connectivity index (χ2v) is 2.47. The summed E-state index contributed by atoms with van der Waals surface area (Å²) in [7, 11) is 0. The standard InChI is InChI=1S/C6H10N/c1-4-7(5-1)6-2-3-6/h1,6H,2-5H2. The van der Waals surface area contributed by atoms with Crippen LogP contribution >= 0.6 is 0 Å². The van der Waals surface area contributed by atoms with Gasteiger partial charge >= 0.3 is 0 Å². The van der Waals surface area contributed by atoms with Crippen LogP contribution in [0.3, 0.4) is 0 Å². The first-order valence-corrected chi connectivity index (χ1v) is 3.02. The molecule has 0 atom stereocenters. The van der Waals surface area contributed by atoms with E-state index >= 15 is 0 Å². The molecule has 1 heterocycles. The van der Waals surface area contributed by atoms with Crippen molar-refractivity contribution in [2.24, 2.45) is 0 Å². The molecule has 1 nitrogen and oxygen atoms in total. The zero-order valence-electron chi connectivity index (χ0n) is 4.43. The average Bonchev–Trinajstić information content (AvgIpc) is 2.10. The van der Waals surface area contributed by atoms with Gasteiger partial charge in [-0.3, -0.25) is 4.90 Å². The molecule has 1 aliphatic heterocycles. The average molecular weight is 96.2 g/mol. The summed E-state index contributed by atoms with van der Waals surface area (Å²) in [6, 6.07) is 1.00. The molecule has 0 aromatic rings. The van der Waals surface area contributed by atoms with Crippen LogP contribution in [-0.4, -0.2) is 24.0 Å². The van der Waals surface area contributed by atoms with E-state index in [4.69, 9.17) is 0 Å². The number of nitrogens with zero attached hydrogens (tertiary/aromatic N) is 1. The molecule has 0 amide bonds. The van der Waals surface area contributed by atoms with Gasteiger partial charge in [0, 0.05) is 19.1 Å². The lowest BCUT2D eigenvalue weighted by molar-refractivity contribution is 0.233. The molecule has 39 valence electrons. The Kier molecular flexibility index (Phi) is 0.680. The molecule has 0 unspecified atom stereocenters. The molecular formula is C6H10N. The van der Waals surface area contributed by atoms with E-state index in [-0.39, 0.29) is 0 Å². The van der Waals surface area contributed by atoms with Gasteiger partial charge in [0.2, 0.25) is 0 Å². The lowest BCUT2D eigenvalue weighted by Crippen LogP contribution is -2.39. The number of hydrogen-bond donors (Lipinski definition) is 0. The van der Waals surface area contributed by atoms with Crippen molar-refractivity contribution in [1.29, 1.82) is 0 Å². The van der Waals surface area contributed by atoms with E-state index in [0.29, 0.717) is 0 Å². The SMILES string of the molecule is [CH]1CN(C2CC2)C1. The third-order valence-electron chi connectivity index (χ3n) is 1.79. The van der Waals surface area contributed by atoms with E-state index < -0.39 is 0 Å². The van der Waals surface area contributed by atoms with E-state index in [1.54, 1.807) is 0 Å². The number of hydrogen-bond acceptors (Lipinski definition) is 1. The van der Waals surface area contributed by atoms with Gasteiger partial charge in [-0.25, -0.2) is 0 Å². The minimum atomic E-state index is 1.00. The summed E-state index contributed by atoms with van der Waals surface area (Å²) in [5, 5.41) is 0. The first-order chi connectivity index (χ1) is 3.47. The smallest absolute Gasteiger partial charge is 0.00966 e. The summed E-state index contributed by atoms with van der Waals surface area (Å²) in [4.78, 5) is 2.53. The molecule has 0 N–H and O–H groups in total. The first kappa shape index (κ1) is 3.90. The van der Waals surface area contributed by atoms with Crippen LogP contribution in [0.1, 0.15) is 12.8 Å². The van der Waals surface area contributed by atoms with E-state index in [0.717, 1.165) is 6.04 Å². The highest BCUT2D eigenvalue weighted by molar-refractivity contribution is 4.96. The Morgan fingerprint density at radius 3 is 2.14 bits per heavy atom. The molecule has 0 aromatic heterocycles. The Hall–Kier alpha value is -0.0400. The number of likely N-dealkylation sites (tertiary alicyclic amines) is 1. The van der Waals surface area contributed by atoms with Crippen molar-refractivity contribution in [2.75, 3.05) is 13.1 Å². The molecule has 2 fully saturated rings. The van der Waals surface area contributed by atoms with Crippen LogP contribution in [-0.2, 0) is 0 Å². The maximum atomic E-state index is 2.53. The van der Waals surface area contributed by atoms with Gasteiger partial charge in [-0.2, -0.15) is 0 Å². The van der Waals surface area contributed by atoms with Crippen LogP contribution in [0.15, 0.2) is 0 Å². The highest BCUT2D eigenvalue weighted by atomic mass is 15.2. The minimum Gasteiger partial charge on any atom is -0.300 e. The van der Waals surface area contributed by atoms with Gasteiger partial charge in [0.1, 0.15) is 0 Å². The van der Waals surface area contributed by atoms with Crippen molar-refractivity contribution in [3.8, 4) is 0 Å². The fourth-order valence-electron chi connectivity index (χ4n) is 1.02. The predicted octanol–water partition coefficient (Wildman–Crippen LogP) is 0.669. The second-order valence-electron chi connectivity index (χ2n) is 2.47. The predicted molar refractivity (Wildman–Crippen MR) is 28.9 cm³/mol. The van der Waals surface area contributed by atoms with Gasteiger partial charge in [0.15, 0.2) is 0 Å². The Morgan fingerprint density at radius 1 is 1.29 bits per heavy atom. The van der Waals surface area contributed by atoms with Crippen molar-refractivity contribution in [3.63, 3.8) is 0 Å². The van der Waals surface area contributed by atoms with Crippen LogP contribution in [0, 0.1) is 6.42 Å². The molecule has 7 heavy (non-hydrogen) atoms. The zero-order chi connectivity index (χ0) is 4.69. The Morgan fingerprint density at radius 2 is 2.00 bits per heavy atom. The van der Waals surface area contributed by atoms with Crippen molar-refractivity contribution < 1.29 is 0 Å². The summed E-state index contributed by atoms with van der Waals surface area (Å²) >= 11 is 0. The van der Waals surface area contributed by atoms with Crippen molar-refractivity contribution >= 4 is 0 Å². The highest BCUT2D eigenvalue weighted by Crippen LogP contribution is 2.29. The lowest BCUT2D eigenvalue weighted by atomic mass is 10.2. The Balaban J connectivity index is 1.83. The van der Waals surface area contributed by atoms with Crippen LogP contribution in [0.5, 0.6) is 0 Å². The summed E-state index contributed by atoms with van der Waals surface area (Å²) in [5.41, 5.74) is 0. The molecule has 0 aromatic carbocycles. The molecular weight excluding hydrogens is 86.1 g/mol. The van der Waals surface area contributed by atoms with Gasteiger partial charge in [-0.05, 0) is 19.3 Å². The van der Waals surface area contributed by atoms with E-state index in [2.05, 4.69) is 11.3 Å². The summed E-state index contributed by atoms with van der Waals surface area (Å²) in [6.07, 6.45) is 5.26. The third-order valence-corrected chi connectivity index (χ3v) is 1.79. The zero-order valence-corrected chi connectivity index (χ0v) is 4.43. The Labute approximate surface area is 44.3 Å². The van der Waals surface area contributed by atoms with Crippen LogP contribution < -0.4 is 0 Å². The minimum absolute atomic E-state index is 1.00. The fourth-order valence-corrected chi connectivity index (χ4v) is 1.02. The highest BCUT2D eigenvalue weighted by Gasteiger charge is 2.31. The van der Waals surface area contributed by atoms with Gasteiger partial charge in [-0.1, -0.05) is 0 Å². The molecule has 0 spiro atoms. The van der Waals surface area contributed by atoms with Gasteiger partial charge in [0.05, 0.1) is 0 Å². The third kappa shape index (κ3) is 0.556. The fraction of sp³-hybridized carbons (Fsp3) is 0.833. The van der Waals surface area contributed by atoms with E-state index in [1.165, 1.54) is 25.9 Å². The van der Waals surface area contributed by atoms with Crippen LogP contribution in [0.4, 0.5) is 0 Å². The van der Waals surface area contributed by atoms with Gasteiger partial charge < -0.3 is 0 Å². The normalized spacial score (nSPS) is 32.6.